The minimum atomic E-state index is -3.78. The van der Waals surface area contributed by atoms with Gasteiger partial charge in [-0.15, -0.1) is 0 Å². The van der Waals surface area contributed by atoms with Crippen molar-refractivity contribution in [2.45, 2.75) is 24.8 Å². The summed E-state index contributed by atoms with van der Waals surface area (Å²) in [7, 11) is -2.32. The predicted octanol–water partition coefficient (Wildman–Crippen LogP) is 4.96. The van der Waals surface area contributed by atoms with Crippen LogP contribution in [-0.2, 0) is 10.0 Å². The van der Waals surface area contributed by atoms with Crippen molar-refractivity contribution in [3.05, 3.63) is 94.5 Å². The molecule has 3 aromatic rings. The molecular weight excluding hydrogens is 420 g/mol. The van der Waals surface area contributed by atoms with Crippen molar-refractivity contribution in [2.24, 2.45) is 0 Å². The average Bonchev–Trinajstić information content (AvgIpc) is 2.74. The molecular formula is C23H23ClN2O3S. The van der Waals surface area contributed by atoms with Crippen molar-refractivity contribution >= 4 is 33.2 Å². The van der Waals surface area contributed by atoms with Crippen LogP contribution in [0.3, 0.4) is 0 Å². The average molecular weight is 443 g/mol. The van der Waals surface area contributed by atoms with Crippen LogP contribution in [0.25, 0.3) is 0 Å². The van der Waals surface area contributed by atoms with Gasteiger partial charge in [0.25, 0.3) is 15.9 Å². The highest BCUT2D eigenvalue weighted by atomic mass is 35.5. The molecule has 0 radical (unpaired) electrons. The van der Waals surface area contributed by atoms with Crippen LogP contribution in [0.2, 0.25) is 5.02 Å². The second-order valence-corrected chi connectivity index (χ2v) is 9.49. The van der Waals surface area contributed by atoms with Crippen molar-refractivity contribution in [1.82, 2.24) is 5.32 Å². The molecule has 156 valence electrons. The van der Waals surface area contributed by atoms with Crippen molar-refractivity contribution in [1.29, 1.82) is 0 Å². The van der Waals surface area contributed by atoms with Gasteiger partial charge in [-0.05, 0) is 61.9 Å². The molecule has 0 saturated heterocycles. The van der Waals surface area contributed by atoms with E-state index in [1.807, 2.05) is 38.1 Å². The summed E-state index contributed by atoms with van der Waals surface area (Å²) in [5.74, 6) is -0.276. The number of rotatable bonds is 6. The SMILES string of the molecule is Cc1ccc(C(C)NC(=O)c2cccc(N(C)S(=O)(=O)c3ccc(Cl)cc3)c2)cc1. The molecule has 1 amide bonds. The molecule has 0 saturated carbocycles. The summed E-state index contributed by atoms with van der Waals surface area (Å²) < 4.78 is 26.9. The first-order chi connectivity index (χ1) is 14.2. The Morgan fingerprint density at radius 1 is 1.00 bits per heavy atom. The number of nitrogens with one attached hydrogen (secondary N) is 1. The number of hydrogen-bond acceptors (Lipinski definition) is 3. The summed E-state index contributed by atoms with van der Waals surface area (Å²) in [5, 5.41) is 3.41. The van der Waals surface area contributed by atoms with Gasteiger partial charge >= 0.3 is 0 Å². The number of halogens is 1. The summed E-state index contributed by atoms with van der Waals surface area (Å²) in [6.07, 6.45) is 0. The van der Waals surface area contributed by atoms with Crippen LogP contribution in [0.15, 0.2) is 77.7 Å². The fraction of sp³-hybridized carbons (Fsp3) is 0.174. The predicted molar refractivity (Wildman–Crippen MR) is 121 cm³/mol. The fourth-order valence-corrected chi connectivity index (χ4v) is 4.28. The third-order valence-corrected chi connectivity index (χ3v) is 6.92. The van der Waals surface area contributed by atoms with Gasteiger partial charge in [0.1, 0.15) is 0 Å². The number of anilines is 1. The van der Waals surface area contributed by atoms with Crippen LogP contribution in [-0.4, -0.2) is 21.4 Å². The summed E-state index contributed by atoms with van der Waals surface area (Å²) in [4.78, 5) is 12.9. The smallest absolute Gasteiger partial charge is 0.264 e. The van der Waals surface area contributed by atoms with Crippen LogP contribution < -0.4 is 9.62 Å². The standard InChI is InChI=1S/C23H23ClN2O3S/c1-16-7-9-18(10-8-16)17(2)25-23(27)19-5-4-6-21(15-19)26(3)30(28,29)22-13-11-20(24)12-14-22/h4-15,17H,1-3H3,(H,25,27). The summed E-state index contributed by atoms with van der Waals surface area (Å²) >= 11 is 5.85. The Kier molecular flexibility index (Phi) is 6.48. The number of carbonyl (C=O) groups is 1. The van der Waals surface area contributed by atoms with E-state index in [1.165, 1.54) is 31.3 Å². The molecule has 0 aromatic heterocycles. The normalized spacial score (nSPS) is 12.3. The van der Waals surface area contributed by atoms with Gasteiger partial charge in [-0.2, -0.15) is 0 Å². The maximum absolute atomic E-state index is 12.9. The maximum atomic E-state index is 12.9. The van der Waals surface area contributed by atoms with Crippen molar-refractivity contribution in [3.8, 4) is 0 Å². The van der Waals surface area contributed by atoms with Gasteiger partial charge in [-0.25, -0.2) is 8.42 Å². The van der Waals surface area contributed by atoms with E-state index in [-0.39, 0.29) is 16.8 Å². The summed E-state index contributed by atoms with van der Waals surface area (Å²) in [6, 6.07) is 20.2. The zero-order valence-corrected chi connectivity index (χ0v) is 18.5. The molecule has 0 bridgehead atoms. The first-order valence-electron chi connectivity index (χ1n) is 9.40. The molecule has 0 heterocycles. The number of aryl methyl sites for hydroxylation is 1. The minimum absolute atomic E-state index is 0.122. The van der Waals surface area contributed by atoms with E-state index in [1.54, 1.807) is 24.3 Å². The quantitative estimate of drug-likeness (QED) is 0.586. The lowest BCUT2D eigenvalue weighted by molar-refractivity contribution is 0.0940. The summed E-state index contributed by atoms with van der Waals surface area (Å²) in [5.41, 5.74) is 2.91. The van der Waals surface area contributed by atoms with E-state index >= 15 is 0 Å². The first-order valence-corrected chi connectivity index (χ1v) is 11.2. The Labute approximate surface area is 182 Å². The second-order valence-electron chi connectivity index (χ2n) is 7.08. The molecule has 0 aliphatic rings. The Hall–Kier alpha value is -2.83. The van der Waals surface area contributed by atoms with Crippen LogP contribution in [0, 0.1) is 6.92 Å². The lowest BCUT2D eigenvalue weighted by atomic mass is 10.1. The molecule has 30 heavy (non-hydrogen) atoms. The van der Waals surface area contributed by atoms with Gasteiger partial charge in [0.15, 0.2) is 0 Å². The summed E-state index contributed by atoms with van der Waals surface area (Å²) in [6.45, 7) is 3.91. The van der Waals surface area contributed by atoms with Crippen molar-refractivity contribution < 1.29 is 13.2 Å². The zero-order valence-electron chi connectivity index (χ0n) is 17.0. The topological polar surface area (TPSA) is 66.5 Å². The number of carbonyl (C=O) groups excluding carboxylic acids is 1. The third kappa shape index (κ3) is 4.83. The van der Waals surface area contributed by atoms with E-state index < -0.39 is 10.0 Å². The lowest BCUT2D eigenvalue weighted by Crippen LogP contribution is -2.28. The molecule has 0 aliphatic heterocycles. The molecule has 1 atom stereocenters. The molecule has 3 rings (SSSR count). The Morgan fingerprint density at radius 3 is 2.27 bits per heavy atom. The van der Waals surface area contributed by atoms with Crippen LogP contribution in [0.4, 0.5) is 5.69 Å². The Bertz CT molecular complexity index is 1140. The van der Waals surface area contributed by atoms with Gasteiger partial charge in [-0.3, -0.25) is 9.10 Å². The van der Waals surface area contributed by atoms with Gasteiger partial charge in [0.05, 0.1) is 16.6 Å². The monoisotopic (exact) mass is 442 g/mol. The highest BCUT2D eigenvalue weighted by Gasteiger charge is 2.22. The maximum Gasteiger partial charge on any atom is 0.264 e. The van der Waals surface area contributed by atoms with E-state index in [9.17, 15) is 13.2 Å². The van der Waals surface area contributed by atoms with Crippen LogP contribution >= 0.6 is 11.6 Å². The Morgan fingerprint density at radius 2 is 1.63 bits per heavy atom. The molecule has 0 aliphatic carbocycles. The van der Waals surface area contributed by atoms with E-state index in [0.717, 1.165) is 15.4 Å². The third-order valence-electron chi connectivity index (χ3n) is 4.87. The molecule has 5 nitrogen and oxygen atoms in total. The van der Waals surface area contributed by atoms with E-state index in [4.69, 9.17) is 11.6 Å². The first kappa shape index (κ1) is 21.9. The van der Waals surface area contributed by atoms with Gasteiger partial charge in [-0.1, -0.05) is 47.5 Å². The van der Waals surface area contributed by atoms with Crippen molar-refractivity contribution in [2.75, 3.05) is 11.4 Å². The number of benzene rings is 3. The number of sulfonamides is 1. The molecule has 0 spiro atoms. The molecule has 7 heteroatoms. The van der Waals surface area contributed by atoms with Gasteiger partial charge in [0.2, 0.25) is 0 Å². The molecule has 0 fully saturated rings. The molecule has 3 aromatic carbocycles. The number of hydrogen-bond donors (Lipinski definition) is 1. The van der Waals surface area contributed by atoms with Gasteiger partial charge in [0, 0.05) is 17.6 Å². The lowest BCUT2D eigenvalue weighted by Gasteiger charge is -2.20. The number of nitrogens with zero attached hydrogens (tertiary/aromatic N) is 1. The highest BCUT2D eigenvalue weighted by Crippen LogP contribution is 2.24. The fourth-order valence-electron chi connectivity index (χ4n) is 2.96. The van der Waals surface area contributed by atoms with E-state index in [2.05, 4.69) is 5.32 Å². The number of amides is 1. The largest absolute Gasteiger partial charge is 0.346 e. The highest BCUT2D eigenvalue weighted by molar-refractivity contribution is 7.92. The van der Waals surface area contributed by atoms with Crippen LogP contribution in [0.1, 0.15) is 34.5 Å². The minimum Gasteiger partial charge on any atom is -0.346 e. The van der Waals surface area contributed by atoms with Gasteiger partial charge < -0.3 is 5.32 Å². The molecule has 1 N–H and O–H groups in total. The van der Waals surface area contributed by atoms with Crippen LogP contribution in [0.5, 0.6) is 0 Å². The zero-order chi connectivity index (χ0) is 21.9. The van der Waals surface area contributed by atoms with E-state index in [0.29, 0.717) is 16.3 Å². The molecule has 1 unspecified atom stereocenters. The Balaban J connectivity index is 1.80. The second kappa shape index (κ2) is 8.90. The van der Waals surface area contributed by atoms with Crippen molar-refractivity contribution in [3.63, 3.8) is 0 Å².